The Morgan fingerprint density at radius 3 is 2.95 bits per heavy atom. The van der Waals surface area contributed by atoms with E-state index in [1.807, 2.05) is 24.3 Å². The minimum atomic E-state index is -3.14. The van der Waals surface area contributed by atoms with Gasteiger partial charge in [0, 0.05) is 12.6 Å². The molecule has 1 aromatic carbocycles. The first-order valence-corrected chi connectivity index (χ1v) is 8.15. The number of sulfonamides is 1. The fourth-order valence-corrected chi connectivity index (χ4v) is 3.85. The van der Waals surface area contributed by atoms with E-state index in [0.717, 1.165) is 23.9 Å². The van der Waals surface area contributed by atoms with E-state index < -0.39 is 10.0 Å². The van der Waals surface area contributed by atoms with E-state index in [0.29, 0.717) is 13.1 Å². The van der Waals surface area contributed by atoms with E-state index in [1.54, 1.807) is 8.99 Å². The summed E-state index contributed by atoms with van der Waals surface area (Å²) in [7, 11) is -3.14. The topological polar surface area (TPSA) is 68.1 Å². The second kappa shape index (κ2) is 4.57. The predicted octanol–water partition coefficient (Wildman–Crippen LogP) is 0.855. The van der Waals surface area contributed by atoms with Crippen LogP contribution >= 0.6 is 0 Å². The third kappa shape index (κ3) is 2.35. The van der Waals surface area contributed by atoms with E-state index >= 15 is 0 Å². The normalized spacial score (nSPS) is 21.2. The summed E-state index contributed by atoms with van der Waals surface area (Å²) >= 11 is 0. The number of hydrogen-bond donors (Lipinski definition) is 0. The first-order chi connectivity index (χ1) is 9.05. The first kappa shape index (κ1) is 12.6. The molecule has 0 unspecified atom stereocenters. The van der Waals surface area contributed by atoms with Crippen molar-refractivity contribution in [2.24, 2.45) is 0 Å². The lowest BCUT2D eigenvalue weighted by molar-refractivity contribution is 0.344. The highest BCUT2D eigenvalue weighted by Crippen LogP contribution is 2.22. The van der Waals surface area contributed by atoms with Crippen LogP contribution in [0, 0.1) is 0 Å². The number of para-hydroxylation sites is 1. The van der Waals surface area contributed by atoms with Crippen molar-refractivity contribution in [3.05, 3.63) is 24.3 Å². The summed E-state index contributed by atoms with van der Waals surface area (Å²) in [4.78, 5) is 0. The monoisotopic (exact) mass is 280 g/mol. The summed E-state index contributed by atoms with van der Waals surface area (Å²) in [5.74, 6) is 0. The number of benzene rings is 1. The van der Waals surface area contributed by atoms with Crippen LogP contribution in [0.4, 0.5) is 0 Å². The highest BCUT2D eigenvalue weighted by Gasteiger charge is 2.32. The number of fused-ring (bicyclic) bond motifs is 1. The first-order valence-electron chi connectivity index (χ1n) is 6.31. The molecule has 1 saturated heterocycles. The molecular weight excluding hydrogens is 264 g/mol. The average molecular weight is 280 g/mol. The third-order valence-corrected chi connectivity index (χ3v) is 4.89. The van der Waals surface area contributed by atoms with Gasteiger partial charge in [-0.15, -0.1) is 5.10 Å². The van der Waals surface area contributed by atoms with Crippen molar-refractivity contribution in [3.8, 4) is 0 Å². The van der Waals surface area contributed by atoms with Crippen LogP contribution in [0.5, 0.6) is 0 Å². The standard InChI is InChI=1S/C12H16N4O2S/c1-19(17,18)16-8-4-5-10(16)9-15-12-7-3-2-6-11(12)13-14-15/h2-3,6-7,10H,4-5,8-9H2,1H3/t10-/m1/s1. The molecule has 7 heteroatoms. The maximum Gasteiger partial charge on any atom is 0.211 e. The molecule has 1 aliphatic rings. The van der Waals surface area contributed by atoms with Crippen molar-refractivity contribution >= 4 is 21.1 Å². The molecular formula is C12H16N4O2S. The second-order valence-corrected chi connectivity index (χ2v) is 6.87. The van der Waals surface area contributed by atoms with Gasteiger partial charge in [0.25, 0.3) is 0 Å². The van der Waals surface area contributed by atoms with Gasteiger partial charge in [-0.25, -0.2) is 13.1 Å². The zero-order valence-corrected chi connectivity index (χ0v) is 11.5. The van der Waals surface area contributed by atoms with Crippen molar-refractivity contribution in [2.75, 3.05) is 12.8 Å². The Hall–Kier alpha value is -1.47. The van der Waals surface area contributed by atoms with Crippen LogP contribution in [-0.4, -0.2) is 46.6 Å². The Labute approximate surface area is 112 Å². The van der Waals surface area contributed by atoms with E-state index in [1.165, 1.54) is 6.26 Å². The van der Waals surface area contributed by atoms with Crippen LogP contribution in [0.25, 0.3) is 11.0 Å². The third-order valence-electron chi connectivity index (χ3n) is 3.55. The molecule has 2 heterocycles. The molecule has 0 saturated carbocycles. The summed E-state index contributed by atoms with van der Waals surface area (Å²) < 4.78 is 26.8. The van der Waals surface area contributed by atoms with E-state index in [4.69, 9.17) is 0 Å². The summed E-state index contributed by atoms with van der Waals surface area (Å²) in [5.41, 5.74) is 1.79. The van der Waals surface area contributed by atoms with Crippen LogP contribution in [0.15, 0.2) is 24.3 Å². The van der Waals surface area contributed by atoms with Gasteiger partial charge in [0.15, 0.2) is 0 Å². The van der Waals surface area contributed by atoms with Gasteiger partial charge in [0.2, 0.25) is 10.0 Å². The largest absolute Gasteiger partial charge is 0.243 e. The zero-order chi connectivity index (χ0) is 13.5. The van der Waals surface area contributed by atoms with Crippen molar-refractivity contribution < 1.29 is 8.42 Å². The van der Waals surface area contributed by atoms with Crippen molar-refractivity contribution in [2.45, 2.75) is 25.4 Å². The van der Waals surface area contributed by atoms with Gasteiger partial charge in [-0.1, -0.05) is 17.3 Å². The number of rotatable bonds is 3. The van der Waals surface area contributed by atoms with Gasteiger partial charge >= 0.3 is 0 Å². The summed E-state index contributed by atoms with van der Waals surface area (Å²) in [6.45, 7) is 1.17. The molecule has 0 radical (unpaired) electrons. The second-order valence-electron chi connectivity index (χ2n) is 4.93. The quantitative estimate of drug-likeness (QED) is 0.836. The minimum absolute atomic E-state index is 0.0138. The molecule has 1 aromatic heterocycles. The molecule has 19 heavy (non-hydrogen) atoms. The van der Waals surface area contributed by atoms with E-state index in [-0.39, 0.29) is 6.04 Å². The Morgan fingerprint density at radius 2 is 2.16 bits per heavy atom. The Bertz CT molecular complexity index is 695. The van der Waals surface area contributed by atoms with E-state index in [2.05, 4.69) is 10.3 Å². The van der Waals surface area contributed by atoms with Gasteiger partial charge in [-0.2, -0.15) is 4.31 Å². The molecule has 0 amide bonds. The molecule has 1 aliphatic heterocycles. The SMILES string of the molecule is CS(=O)(=O)N1CCC[C@@H]1Cn1nnc2ccccc21. The van der Waals surface area contributed by atoms with Gasteiger partial charge in [-0.05, 0) is 25.0 Å². The van der Waals surface area contributed by atoms with Crippen LogP contribution in [-0.2, 0) is 16.6 Å². The smallest absolute Gasteiger partial charge is 0.211 e. The van der Waals surface area contributed by atoms with Gasteiger partial charge in [0.05, 0.1) is 18.3 Å². The van der Waals surface area contributed by atoms with Crippen molar-refractivity contribution in [3.63, 3.8) is 0 Å². The molecule has 0 N–H and O–H groups in total. The van der Waals surface area contributed by atoms with Crippen LogP contribution in [0.2, 0.25) is 0 Å². The fraction of sp³-hybridized carbons (Fsp3) is 0.500. The van der Waals surface area contributed by atoms with Crippen molar-refractivity contribution in [1.29, 1.82) is 0 Å². The van der Waals surface area contributed by atoms with Crippen LogP contribution in [0.1, 0.15) is 12.8 Å². The van der Waals surface area contributed by atoms with E-state index in [9.17, 15) is 8.42 Å². The highest BCUT2D eigenvalue weighted by atomic mass is 32.2. The Kier molecular flexibility index (Phi) is 3.02. The summed E-state index contributed by atoms with van der Waals surface area (Å²) in [6.07, 6.45) is 3.05. The zero-order valence-electron chi connectivity index (χ0n) is 10.7. The van der Waals surface area contributed by atoms with Gasteiger partial charge in [0.1, 0.15) is 5.52 Å². The molecule has 3 rings (SSSR count). The lowest BCUT2D eigenvalue weighted by Gasteiger charge is -2.21. The Balaban J connectivity index is 1.89. The predicted molar refractivity (Wildman–Crippen MR) is 72.1 cm³/mol. The molecule has 0 bridgehead atoms. The number of nitrogens with zero attached hydrogens (tertiary/aromatic N) is 4. The molecule has 102 valence electrons. The van der Waals surface area contributed by atoms with Gasteiger partial charge in [-0.3, -0.25) is 0 Å². The molecule has 1 atom stereocenters. The number of hydrogen-bond acceptors (Lipinski definition) is 4. The van der Waals surface area contributed by atoms with Crippen LogP contribution < -0.4 is 0 Å². The lowest BCUT2D eigenvalue weighted by Crippen LogP contribution is -2.37. The molecule has 6 nitrogen and oxygen atoms in total. The molecule has 2 aromatic rings. The molecule has 0 aliphatic carbocycles. The average Bonchev–Trinajstić information content (AvgIpc) is 2.97. The molecule has 1 fully saturated rings. The Morgan fingerprint density at radius 1 is 1.37 bits per heavy atom. The minimum Gasteiger partial charge on any atom is -0.243 e. The lowest BCUT2D eigenvalue weighted by atomic mass is 10.2. The molecule has 0 spiro atoms. The summed E-state index contributed by atoms with van der Waals surface area (Å²) in [5, 5.41) is 8.21. The highest BCUT2D eigenvalue weighted by molar-refractivity contribution is 7.88. The maximum absolute atomic E-state index is 11.7. The fourth-order valence-electron chi connectivity index (χ4n) is 2.68. The van der Waals surface area contributed by atoms with Crippen molar-refractivity contribution in [1.82, 2.24) is 19.3 Å². The van der Waals surface area contributed by atoms with Gasteiger partial charge < -0.3 is 0 Å². The number of aromatic nitrogens is 3. The summed E-state index contributed by atoms with van der Waals surface area (Å²) in [6, 6.07) is 7.70. The maximum atomic E-state index is 11.7. The van der Waals surface area contributed by atoms with Crippen LogP contribution in [0.3, 0.4) is 0 Å².